The number of nitrogens with one attached hydrogen (secondary N) is 2. The summed E-state index contributed by atoms with van der Waals surface area (Å²) in [6.07, 6.45) is 1.99. The lowest BCUT2D eigenvalue weighted by Crippen LogP contribution is -2.47. The Hall–Kier alpha value is -1.43. The van der Waals surface area contributed by atoms with Gasteiger partial charge in [0.2, 0.25) is 5.91 Å². The second kappa shape index (κ2) is 8.60. The van der Waals surface area contributed by atoms with Crippen molar-refractivity contribution in [2.45, 2.75) is 18.9 Å². The molecule has 5 heteroatoms. The summed E-state index contributed by atoms with van der Waals surface area (Å²) < 4.78 is 0. The highest BCUT2D eigenvalue weighted by molar-refractivity contribution is 5.79. The molecule has 2 unspecified atom stereocenters. The molecule has 3 rings (SSSR count). The zero-order valence-corrected chi connectivity index (χ0v) is 14.7. The van der Waals surface area contributed by atoms with Crippen LogP contribution in [0.4, 0.5) is 0 Å². The second-order valence-electron chi connectivity index (χ2n) is 7.06. The lowest BCUT2D eigenvalue weighted by atomic mass is 10.0. The number of hydrogen-bond acceptors (Lipinski definition) is 4. The number of nitrogens with zero attached hydrogens (tertiary/aromatic N) is 2. The van der Waals surface area contributed by atoms with Crippen molar-refractivity contribution in [3.63, 3.8) is 0 Å². The van der Waals surface area contributed by atoms with Crippen molar-refractivity contribution in [2.75, 3.05) is 52.9 Å². The van der Waals surface area contributed by atoms with Crippen molar-refractivity contribution in [1.29, 1.82) is 0 Å². The van der Waals surface area contributed by atoms with E-state index in [1.54, 1.807) is 0 Å². The number of likely N-dealkylation sites (N-methyl/N-ethyl adjacent to an activating group) is 1. The van der Waals surface area contributed by atoms with Crippen LogP contribution in [-0.4, -0.2) is 68.6 Å². The Kier molecular flexibility index (Phi) is 6.24. The molecular formula is C19H30N4O. The van der Waals surface area contributed by atoms with Crippen LogP contribution in [0.1, 0.15) is 24.4 Å². The predicted molar refractivity (Wildman–Crippen MR) is 96.9 cm³/mol. The molecule has 1 aromatic carbocycles. The van der Waals surface area contributed by atoms with Crippen LogP contribution in [0, 0.1) is 5.92 Å². The fourth-order valence-electron chi connectivity index (χ4n) is 3.73. The van der Waals surface area contributed by atoms with Gasteiger partial charge >= 0.3 is 0 Å². The van der Waals surface area contributed by atoms with Crippen LogP contribution in [0.2, 0.25) is 0 Å². The minimum atomic E-state index is 0.172. The largest absolute Gasteiger partial charge is 0.356 e. The standard InChI is InChI=1S/C19H30N4O/c1-22-12-13-23(18(15-22)16-6-3-2-4-7-16)11-5-9-21-19(24)17-8-10-20-14-17/h2-4,6-7,17-18,20H,5,8-15H2,1H3,(H,21,24). The molecule has 0 spiro atoms. The molecule has 5 nitrogen and oxygen atoms in total. The molecule has 2 aliphatic rings. The summed E-state index contributed by atoms with van der Waals surface area (Å²) in [6.45, 7) is 6.91. The van der Waals surface area contributed by atoms with Crippen LogP contribution >= 0.6 is 0 Å². The van der Waals surface area contributed by atoms with Crippen LogP contribution in [0.5, 0.6) is 0 Å². The molecule has 1 amide bonds. The van der Waals surface area contributed by atoms with E-state index in [1.165, 1.54) is 5.56 Å². The second-order valence-corrected chi connectivity index (χ2v) is 7.06. The highest BCUT2D eigenvalue weighted by Gasteiger charge is 2.26. The van der Waals surface area contributed by atoms with Gasteiger partial charge in [0.05, 0.1) is 5.92 Å². The van der Waals surface area contributed by atoms with Gasteiger partial charge in [0.25, 0.3) is 0 Å². The van der Waals surface area contributed by atoms with E-state index in [-0.39, 0.29) is 11.8 Å². The summed E-state index contributed by atoms with van der Waals surface area (Å²) in [7, 11) is 2.20. The van der Waals surface area contributed by atoms with Crippen molar-refractivity contribution >= 4 is 5.91 Å². The first kappa shape index (κ1) is 17.4. The highest BCUT2D eigenvalue weighted by Crippen LogP contribution is 2.24. The lowest BCUT2D eigenvalue weighted by Gasteiger charge is -2.40. The van der Waals surface area contributed by atoms with E-state index in [0.717, 1.165) is 58.7 Å². The minimum absolute atomic E-state index is 0.172. The van der Waals surface area contributed by atoms with E-state index >= 15 is 0 Å². The zero-order chi connectivity index (χ0) is 16.8. The fourth-order valence-corrected chi connectivity index (χ4v) is 3.73. The Morgan fingerprint density at radius 3 is 2.88 bits per heavy atom. The maximum Gasteiger partial charge on any atom is 0.224 e. The van der Waals surface area contributed by atoms with Crippen LogP contribution in [0.3, 0.4) is 0 Å². The van der Waals surface area contributed by atoms with E-state index in [9.17, 15) is 4.79 Å². The van der Waals surface area contributed by atoms with Gasteiger partial charge in [-0.15, -0.1) is 0 Å². The van der Waals surface area contributed by atoms with Gasteiger partial charge in [0, 0.05) is 45.3 Å². The summed E-state index contributed by atoms with van der Waals surface area (Å²) in [5, 5.41) is 6.36. The van der Waals surface area contributed by atoms with E-state index in [0.29, 0.717) is 6.04 Å². The number of carbonyl (C=O) groups is 1. The Bertz CT molecular complexity index is 515. The minimum Gasteiger partial charge on any atom is -0.356 e. The molecule has 2 N–H and O–H groups in total. The normalized spacial score (nSPS) is 25.7. The Labute approximate surface area is 145 Å². The molecule has 2 fully saturated rings. The maximum absolute atomic E-state index is 12.1. The van der Waals surface area contributed by atoms with Gasteiger partial charge in [-0.3, -0.25) is 9.69 Å². The van der Waals surface area contributed by atoms with Crippen molar-refractivity contribution in [1.82, 2.24) is 20.4 Å². The van der Waals surface area contributed by atoms with Gasteiger partial charge in [-0.05, 0) is 32.0 Å². The van der Waals surface area contributed by atoms with Crippen molar-refractivity contribution < 1.29 is 4.79 Å². The molecule has 1 aromatic rings. The van der Waals surface area contributed by atoms with Crippen molar-refractivity contribution in [2.24, 2.45) is 5.92 Å². The van der Waals surface area contributed by atoms with E-state index in [2.05, 4.69) is 57.8 Å². The molecule has 2 saturated heterocycles. The Balaban J connectivity index is 1.46. The molecule has 0 aliphatic carbocycles. The van der Waals surface area contributed by atoms with Crippen LogP contribution in [-0.2, 0) is 4.79 Å². The quantitative estimate of drug-likeness (QED) is 0.767. The number of piperazine rings is 1. The van der Waals surface area contributed by atoms with Gasteiger partial charge in [0.15, 0.2) is 0 Å². The van der Waals surface area contributed by atoms with E-state index in [4.69, 9.17) is 0 Å². The van der Waals surface area contributed by atoms with Gasteiger partial charge in [0.1, 0.15) is 0 Å². The number of amides is 1. The molecule has 0 bridgehead atoms. The molecule has 2 aliphatic heterocycles. The Morgan fingerprint density at radius 1 is 1.29 bits per heavy atom. The fraction of sp³-hybridized carbons (Fsp3) is 0.632. The summed E-state index contributed by atoms with van der Waals surface area (Å²) in [6, 6.07) is 11.2. The lowest BCUT2D eigenvalue weighted by molar-refractivity contribution is -0.124. The molecule has 2 heterocycles. The first-order chi connectivity index (χ1) is 11.7. The smallest absolute Gasteiger partial charge is 0.224 e. The summed E-state index contributed by atoms with van der Waals surface area (Å²) in [4.78, 5) is 17.0. The van der Waals surface area contributed by atoms with Crippen molar-refractivity contribution in [3.8, 4) is 0 Å². The first-order valence-corrected chi connectivity index (χ1v) is 9.20. The van der Waals surface area contributed by atoms with Gasteiger partial charge in [-0.1, -0.05) is 30.3 Å². The summed E-state index contributed by atoms with van der Waals surface area (Å²) in [5.74, 6) is 0.392. The van der Waals surface area contributed by atoms with Gasteiger partial charge in [-0.2, -0.15) is 0 Å². The third-order valence-corrected chi connectivity index (χ3v) is 5.23. The monoisotopic (exact) mass is 330 g/mol. The molecule has 0 aromatic heterocycles. The average molecular weight is 330 g/mol. The highest BCUT2D eigenvalue weighted by atomic mass is 16.1. The maximum atomic E-state index is 12.1. The molecular weight excluding hydrogens is 300 g/mol. The van der Waals surface area contributed by atoms with Gasteiger partial charge < -0.3 is 15.5 Å². The SMILES string of the molecule is CN1CCN(CCCNC(=O)C2CCNC2)C(c2ccccc2)C1. The summed E-state index contributed by atoms with van der Waals surface area (Å²) >= 11 is 0. The molecule has 0 radical (unpaired) electrons. The molecule has 132 valence electrons. The number of hydrogen-bond donors (Lipinski definition) is 2. The third kappa shape index (κ3) is 4.56. The van der Waals surface area contributed by atoms with E-state index < -0.39 is 0 Å². The van der Waals surface area contributed by atoms with Gasteiger partial charge in [-0.25, -0.2) is 0 Å². The van der Waals surface area contributed by atoms with Crippen LogP contribution in [0.25, 0.3) is 0 Å². The summed E-state index contributed by atoms with van der Waals surface area (Å²) in [5.41, 5.74) is 1.39. The molecule has 2 atom stereocenters. The molecule has 0 saturated carbocycles. The number of carbonyl (C=O) groups excluding carboxylic acids is 1. The third-order valence-electron chi connectivity index (χ3n) is 5.23. The topological polar surface area (TPSA) is 47.6 Å². The number of benzene rings is 1. The van der Waals surface area contributed by atoms with Crippen molar-refractivity contribution in [3.05, 3.63) is 35.9 Å². The Morgan fingerprint density at radius 2 is 2.12 bits per heavy atom. The number of rotatable bonds is 6. The average Bonchev–Trinajstić information content (AvgIpc) is 3.15. The molecule has 24 heavy (non-hydrogen) atoms. The first-order valence-electron chi connectivity index (χ1n) is 9.20. The van der Waals surface area contributed by atoms with E-state index in [1.807, 2.05) is 0 Å². The van der Waals surface area contributed by atoms with Crippen LogP contribution < -0.4 is 10.6 Å². The predicted octanol–water partition coefficient (Wildman–Crippen LogP) is 1.09. The van der Waals surface area contributed by atoms with Crippen LogP contribution in [0.15, 0.2) is 30.3 Å². The zero-order valence-electron chi connectivity index (χ0n) is 14.7.